The molecule has 72 valence electrons. The molecule has 0 fully saturated rings. The van der Waals surface area contributed by atoms with Crippen molar-refractivity contribution in [2.24, 2.45) is 0 Å². The molecule has 0 aliphatic rings. The zero-order chi connectivity index (χ0) is 10.3. The van der Waals surface area contributed by atoms with E-state index in [9.17, 15) is 9.18 Å². The van der Waals surface area contributed by atoms with Crippen LogP contribution in [0.25, 0.3) is 10.9 Å². The highest BCUT2D eigenvalue weighted by atomic mass is 35.5. The summed E-state index contributed by atoms with van der Waals surface area (Å²) in [6, 6.07) is 4.25. The molecule has 0 saturated heterocycles. The van der Waals surface area contributed by atoms with Gasteiger partial charge in [0.1, 0.15) is 10.8 Å². The molecule has 0 amide bonds. The van der Waals surface area contributed by atoms with Gasteiger partial charge in [-0.15, -0.1) is 0 Å². The molecule has 1 N–H and O–H groups in total. The average Bonchev–Trinajstić information content (AvgIpc) is 2.55. The van der Waals surface area contributed by atoms with Gasteiger partial charge in [-0.05, 0) is 18.2 Å². The number of carbonyl (C=O) groups is 1. The molecular formula is C9H5ClFNO2. The van der Waals surface area contributed by atoms with E-state index in [1.165, 1.54) is 18.3 Å². The maximum Gasteiger partial charge on any atom is 0.416 e. The van der Waals surface area contributed by atoms with Gasteiger partial charge in [-0.1, -0.05) is 11.6 Å². The van der Waals surface area contributed by atoms with E-state index in [0.717, 1.165) is 4.57 Å². The lowest BCUT2D eigenvalue weighted by atomic mass is 10.2. The van der Waals surface area contributed by atoms with E-state index in [1.807, 2.05) is 0 Å². The van der Waals surface area contributed by atoms with Crippen molar-refractivity contribution in [2.75, 3.05) is 0 Å². The molecule has 0 unspecified atom stereocenters. The number of benzene rings is 1. The number of carboxylic acid groups (broad SMARTS) is 1. The lowest BCUT2D eigenvalue weighted by Crippen LogP contribution is -2.06. The Morgan fingerprint density at radius 3 is 2.79 bits per heavy atom. The number of hydrogen-bond acceptors (Lipinski definition) is 1. The molecule has 0 bridgehead atoms. The van der Waals surface area contributed by atoms with E-state index >= 15 is 0 Å². The van der Waals surface area contributed by atoms with Gasteiger partial charge < -0.3 is 5.11 Å². The van der Waals surface area contributed by atoms with Gasteiger partial charge in [0.05, 0.1) is 5.52 Å². The zero-order valence-corrected chi connectivity index (χ0v) is 7.62. The van der Waals surface area contributed by atoms with Crippen molar-refractivity contribution in [2.45, 2.75) is 0 Å². The molecule has 2 aromatic rings. The number of nitrogens with zero attached hydrogens (tertiary/aromatic N) is 1. The Kier molecular flexibility index (Phi) is 1.93. The number of aromatic nitrogens is 1. The number of rotatable bonds is 0. The van der Waals surface area contributed by atoms with Crippen molar-refractivity contribution < 1.29 is 14.3 Å². The summed E-state index contributed by atoms with van der Waals surface area (Å²) in [4.78, 5) is 10.7. The molecule has 14 heavy (non-hydrogen) atoms. The molecule has 0 atom stereocenters. The van der Waals surface area contributed by atoms with Crippen LogP contribution in [0.5, 0.6) is 0 Å². The van der Waals surface area contributed by atoms with Gasteiger partial charge in [0, 0.05) is 11.6 Å². The first kappa shape index (κ1) is 9.02. The Labute approximate surface area is 83.3 Å². The number of halogens is 2. The summed E-state index contributed by atoms with van der Waals surface area (Å²) in [5.41, 5.74) is 0.180. The molecule has 1 aromatic heterocycles. The number of fused-ring (bicyclic) bond motifs is 1. The Bertz CT molecular complexity index is 521. The second-order valence-electron chi connectivity index (χ2n) is 2.77. The minimum atomic E-state index is -1.19. The summed E-state index contributed by atoms with van der Waals surface area (Å²) >= 11 is 5.66. The van der Waals surface area contributed by atoms with Crippen molar-refractivity contribution in [1.82, 2.24) is 4.57 Å². The van der Waals surface area contributed by atoms with E-state index < -0.39 is 11.9 Å². The van der Waals surface area contributed by atoms with E-state index in [-0.39, 0.29) is 10.5 Å². The van der Waals surface area contributed by atoms with Crippen molar-refractivity contribution in [3.63, 3.8) is 0 Å². The predicted octanol–water partition coefficient (Wildman–Crippen LogP) is 2.96. The normalized spacial score (nSPS) is 10.7. The average molecular weight is 214 g/mol. The Balaban J connectivity index is 2.89. The summed E-state index contributed by atoms with van der Waals surface area (Å²) in [6.45, 7) is 0. The van der Waals surface area contributed by atoms with Gasteiger partial charge >= 0.3 is 6.09 Å². The smallest absolute Gasteiger partial charge is 0.416 e. The van der Waals surface area contributed by atoms with Crippen LogP contribution in [-0.4, -0.2) is 15.8 Å². The molecule has 0 spiro atoms. The van der Waals surface area contributed by atoms with Crippen molar-refractivity contribution >= 4 is 28.6 Å². The maximum atomic E-state index is 13.0. The van der Waals surface area contributed by atoms with Crippen LogP contribution in [0.3, 0.4) is 0 Å². The maximum absolute atomic E-state index is 13.0. The van der Waals surface area contributed by atoms with E-state index in [4.69, 9.17) is 16.7 Å². The van der Waals surface area contributed by atoms with E-state index in [2.05, 4.69) is 0 Å². The lowest BCUT2D eigenvalue weighted by molar-refractivity contribution is 0.197. The van der Waals surface area contributed by atoms with Crippen LogP contribution >= 0.6 is 11.6 Å². The molecule has 3 nitrogen and oxygen atoms in total. The molecule has 2 rings (SSSR count). The van der Waals surface area contributed by atoms with Gasteiger partial charge in [0.15, 0.2) is 0 Å². The van der Waals surface area contributed by atoms with Gasteiger partial charge in [0.25, 0.3) is 0 Å². The third-order valence-corrected chi connectivity index (χ3v) is 2.31. The van der Waals surface area contributed by atoms with Crippen LogP contribution in [0, 0.1) is 5.82 Å². The van der Waals surface area contributed by atoms with Crippen molar-refractivity contribution in [3.05, 3.63) is 35.2 Å². The fourth-order valence-electron chi connectivity index (χ4n) is 1.32. The summed E-state index contributed by atoms with van der Waals surface area (Å²) in [6.07, 6.45) is 0.144. The minimum absolute atomic E-state index is 0.171. The fourth-order valence-corrected chi connectivity index (χ4v) is 1.59. The molecule has 0 aliphatic carbocycles. The van der Waals surface area contributed by atoms with Crippen molar-refractivity contribution in [3.8, 4) is 0 Å². The molecule has 1 heterocycles. The first-order valence-electron chi connectivity index (χ1n) is 3.79. The van der Waals surface area contributed by atoms with Crippen LogP contribution in [0.15, 0.2) is 24.4 Å². The topological polar surface area (TPSA) is 42.2 Å². The molecule has 5 heteroatoms. The highest BCUT2D eigenvalue weighted by molar-refractivity contribution is 6.35. The Morgan fingerprint density at radius 2 is 2.14 bits per heavy atom. The fraction of sp³-hybridized carbons (Fsp3) is 0. The van der Waals surface area contributed by atoms with Gasteiger partial charge in [-0.25, -0.2) is 9.18 Å². The van der Waals surface area contributed by atoms with Gasteiger partial charge in [-0.2, -0.15) is 0 Å². The highest BCUT2D eigenvalue weighted by Crippen LogP contribution is 2.26. The molecule has 0 aliphatic heterocycles. The molecule has 0 radical (unpaired) electrons. The van der Waals surface area contributed by atoms with Crippen LogP contribution < -0.4 is 0 Å². The highest BCUT2D eigenvalue weighted by Gasteiger charge is 2.12. The van der Waals surface area contributed by atoms with E-state index in [0.29, 0.717) is 5.39 Å². The standard InChI is InChI=1S/C9H5ClFNO2/c10-7-6(11)2-1-5-3-4-12(8(5)7)9(13)14/h1-4H,(H,13,14). The van der Waals surface area contributed by atoms with Crippen LogP contribution in [0.4, 0.5) is 9.18 Å². The van der Waals surface area contributed by atoms with E-state index in [1.54, 1.807) is 6.07 Å². The first-order valence-corrected chi connectivity index (χ1v) is 4.17. The lowest BCUT2D eigenvalue weighted by Gasteiger charge is -2.00. The van der Waals surface area contributed by atoms with Crippen LogP contribution in [0.1, 0.15) is 0 Å². The summed E-state index contributed by atoms with van der Waals surface area (Å²) in [5.74, 6) is -0.625. The summed E-state index contributed by atoms with van der Waals surface area (Å²) in [7, 11) is 0. The van der Waals surface area contributed by atoms with Gasteiger partial charge in [-0.3, -0.25) is 4.57 Å². The van der Waals surface area contributed by atoms with Crippen LogP contribution in [0.2, 0.25) is 5.02 Å². The minimum Gasteiger partial charge on any atom is -0.464 e. The zero-order valence-electron chi connectivity index (χ0n) is 6.87. The third kappa shape index (κ3) is 1.15. The monoisotopic (exact) mass is 213 g/mol. The van der Waals surface area contributed by atoms with Crippen molar-refractivity contribution in [1.29, 1.82) is 0 Å². The molecule has 0 saturated carbocycles. The Hall–Kier alpha value is -1.55. The third-order valence-electron chi connectivity index (χ3n) is 1.95. The van der Waals surface area contributed by atoms with Crippen LogP contribution in [-0.2, 0) is 0 Å². The first-order chi connectivity index (χ1) is 6.61. The second kappa shape index (κ2) is 2.99. The second-order valence-corrected chi connectivity index (χ2v) is 3.15. The predicted molar refractivity (Wildman–Crippen MR) is 50.3 cm³/mol. The van der Waals surface area contributed by atoms with Gasteiger partial charge in [0.2, 0.25) is 0 Å². The SMILES string of the molecule is O=C(O)n1ccc2ccc(F)c(Cl)c21. The summed E-state index contributed by atoms with van der Waals surface area (Å²) < 4.78 is 13.9. The number of hydrogen-bond donors (Lipinski definition) is 1. The molecule has 1 aromatic carbocycles. The Morgan fingerprint density at radius 1 is 1.43 bits per heavy atom. The quantitative estimate of drug-likeness (QED) is 0.731. The summed E-state index contributed by atoms with van der Waals surface area (Å²) in [5, 5.41) is 9.19. The largest absolute Gasteiger partial charge is 0.464 e. The molecular weight excluding hydrogens is 209 g/mol.